The number of aromatic nitrogens is 3. The van der Waals surface area contributed by atoms with E-state index in [4.69, 9.17) is 0 Å². The van der Waals surface area contributed by atoms with Gasteiger partial charge in [-0.25, -0.2) is 0 Å². The Hall–Kier alpha value is -2.67. The van der Waals surface area contributed by atoms with Crippen LogP contribution in [0.1, 0.15) is 64.0 Å². The summed E-state index contributed by atoms with van der Waals surface area (Å²) in [6.45, 7) is 13.9. The van der Waals surface area contributed by atoms with Crippen molar-refractivity contribution in [2.45, 2.75) is 84.7 Å². The van der Waals surface area contributed by atoms with Crippen LogP contribution in [0.2, 0.25) is 0 Å². The number of hydrogen-bond acceptors (Lipinski definition) is 6. The largest absolute Gasteiger partial charge is 0.308 e. The summed E-state index contributed by atoms with van der Waals surface area (Å²) in [7, 11) is 0. The fourth-order valence-electron chi connectivity index (χ4n) is 5.60. The molecule has 0 saturated heterocycles. The lowest BCUT2D eigenvalue weighted by Gasteiger charge is -2.46. The molecule has 0 radical (unpaired) electrons. The molecular weight excluding hydrogens is 456 g/mol. The van der Waals surface area contributed by atoms with Gasteiger partial charge in [-0.1, -0.05) is 45.9 Å². The zero-order valence-electron chi connectivity index (χ0n) is 23.1. The zero-order valence-corrected chi connectivity index (χ0v) is 23.1. The van der Waals surface area contributed by atoms with E-state index in [0.29, 0.717) is 18.1 Å². The molecule has 0 bridgehead atoms. The van der Waals surface area contributed by atoms with Crippen LogP contribution in [0.4, 0.5) is 0 Å². The molecule has 1 N–H and O–H groups in total. The molecule has 37 heavy (non-hydrogen) atoms. The summed E-state index contributed by atoms with van der Waals surface area (Å²) >= 11 is 0. The predicted octanol–water partition coefficient (Wildman–Crippen LogP) is 5.32. The van der Waals surface area contributed by atoms with Gasteiger partial charge in [-0.3, -0.25) is 24.8 Å². The third-order valence-corrected chi connectivity index (χ3v) is 7.25. The first-order valence-electron chi connectivity index (χ1n) is 13.8. The lowest BCUT2D eigenvalue weighted by molar-refractivity contribution is 0.0440. The highest BCUT2D eigenvalue weighted by Gasteiger charge is 2.36. The first-order valence-corrected chi connectivity index (χ1v) is 13.8. The molecule has 0 aliphatic heterocycles. The molecule has 3 aromatic rings. The van der Waals surface area contributed by atoms with Gasteiger partial charge in [0.25, 0.3) is 0 Å². The molecule has 1 saturated carbocycles. The van der Waals surface area contributed by atoms with Crippen molar-refractivity contribution < 1.29 is 0 Å². The summed E-state index contributed by atoms with van der Waals surface area (Å²) in [6, 6.07) is 20.0. The molecule has 6 nitrogen and oxygen atoms in total. The normalized spacial score (nSPS) is 20.4. The van der Waals surface area contributed by atoms with Gasteiger partial charge in [0.15, 0.2) is 0 Å². The van der Waals surface area contributed by atoms with Gasteiger partial charge in [0.05, 0.1) is 17.1 Å². The lowest BCUT2D eigenvalue weighted by atomic mass is 9.83. The van der Waals surface area contributed by atoms with Crippen LogP contribution in [-0.4, -0.2) is 56.0 Å². The third-order valence-electron chi connectivity index (χ3n) is 7.25. The molecule has 3 atom stereocenters. The van der Waals surface area contributed by atoms with Crippen LogP contribution in [0.3, 0.4) is 0 Å². The van der Waals surface area contributed by atoms with Gasteiger partial charge in [0, 0.05) is 62.9 Å². The Labute approximate surface area is 223 Å². The minimum atomic E-state index is 0.205. The summed E-state index contributed by atoms with van der Waals surface area (Å²) < 4.78 is 0. The molecule has 6 heteroatoms. The van der Waals surface area contributed by atoms with E-state index in [1.165, 1.54) is 0 Å². The Bertz CT molecular complexity index is 1040. The van der Waals surface area contributed by atoms with Crippen molar-refractivity contribution in [2.75, 3.05) is 13.1 Å². The molecule has 3 heterocycles. The minimum absolute atomic E-state index is 0.205. The Morgan fingerprint density at radius 1 is 0.730 bits per heavy atom. The molecule has 198 valence electrons. The standard InChI is InChI=1S/C31H44N6/c1-5-36(22-26-13-7-10-16-33-26)29-18-28(35-21-25-12-6-9-15-32-25)19-30(20-29)37(24-31(2,3)4)23-27-14-8-11-17-34-27/h6-17,28-30,35H,5,18-24H2,1-4H3. The van der Waals surface area contributed by atoms with Gasteiger partial charge in [-0.15, -0.1) is 0 Å². The Morgan fingerprint density at radius 2 is 1.24 bits per heavy atom. The van der Waals surface area contributed by atoms with E-state index in [1.807, 2.05) is 36.8 Å². The second-order valence-electron chi connectivity index (χ2n) is 11.6. The average molecular weight is 501 g/mol. The maximum atomic E-state index is 4.68. The van der Waals surface area contributed by atoms with Crippen LogP contribution < -0.4 is 5.32 Å². The molecule has 1 aliphatic carbocycles. The molecule has 1 fully saturated rings. The second-order valence-corrected chi connectivity index (χ2v) is 11.6. The molecule has 0 aromatic carbocycles. The molecule has 4 rings (SSSR count). The van der Waals surface area contributed by atoms with Crippen LogP contribution in [-0.2, 0) is 19.6 Å². The van der Waals surface area contributed by atoms with Crippen LogP contribution in [0.25, 0.3) is 0 Å². The molecule has 3 aromatic heterocycles. The second kappa shape index (κ2) is 13.2. The first-order chi connectivity index (χ1) is 17.9. The van der Waals surface area contributed by atoms with Crippen LogP contribution in [0, 0.1) is 5.41 Å². The van der Waals surface area contributed by atoms with E-state index in [-0.39, 0.29) is 5.41 Å². The summed E-state index contributed by atoms with van der Waals surface area (Å²) in [5.74, 6) is 0. The van der Waals surface area contributed by atoms with E-state index in [0.717, 1.165) is 69.1 Å². The highest BCUT2D eigenvalue weighted by Crippen LogP contribution is 2.31. The maximum Gasteiger partial charge on any atom is 0.0544 e. The number of nitrogens with zero attached hydrogens (tertiary/aromatic N) is 5. The summed E-state index contributed by atoms with van der Waals surface area (Å²) in [4.78, 5) is 19.2. The predicted molar refractivity (Wildman–Crippen MR) is 151 cm³/mol. The van der Waals surface area contributed by atoms with E-state index in [1.54, 1.807) is 0 Å². The highest BCUT2D eigenvalue weighted by molar-refractivity contribution is 5.07. The summed E-state index contributed by atoms with van der Waals surface area (Å²) in [5.41, 5.74) is 3.59. The quantitative estimate of drug-likeness (QED) is 0.384. The van der Waals surface area contributed by atoms with Crippen molar-refractivity contribution in [1.29, 1.82) is 0 Å². The van der Waals surface area contributed by atoms with Crippen molar-refractivity contribution >= 4 is 0 Å². The molecular formula is C31H44N6. The molecule has 0 spiro atoms. The summed E-state index contributed by atoms with van der Waals surface area (Å²) in [5, 5.41) is 3.88. The van der Waals surface area contributed by atoms with Gasteiger partial charge in [0.2, 0.25) is 0 Å². The molecule has 3 unspecified atom stereocenters. The minimum Gasteiger partial charge on any atom is -0.308 e. The van der Waals surface area contributed by atoms with E-state index >= 15 is 0 Å². The van der Waals surface area contributed by atoms with Crippen molar-refractivity contribution in [1.82, 2.24) is 30.1 Å². The van der Waals surface area contributed by atoms with Gasteiger partial charge in [-0.2, -0.15) is 0 Å². The van der Waals surface area contributed by atoms with Crippen LogP contribution in [0.15, 0.2) is 73.2 Å². The topological polar surface area (TPSA) is 57.2 Å². The van der Waals surface area contributed by atoms with E-state index in [9.17, 15) is 0 Å². The van der Waals surface area contributed by atoms with Gasteiger partial charge < -0.3 is 5.32 Å². The average Bonchev–Trinajstić information content (AvgIpc) is 2.91. The Morgan fingerprint density at radius 3 is 1.73 bits per heavy atom. The number of nitrogens with one attached hydrogen (secondary N) is 1. The Kier molecular flexibility index (Phi) is 9.78. The maximum absolute atomic E-state index is 4.68. The van der Waals surface area contributed by atoms with Crippen molar-refractivity contribution in [3.63, 3.8) is 0 Å². The third kappa shape index (κ3) is 8.70. The smallest absolute Gasteiger partial charge is 0.0544 e. The van der Waals surface area contributed by atoms with Crippen LogP contribution in [0.5, 0.6) is 0 Å². The highest BCUT2D eigenvalue weighted by atomic mass is 15.2. The fraction of sp³-hybridized carbons (Fsp3) is 0.516. The van der Waals surface area contributed by atoms with Gasteiger partial charge in [-0.05, 0) is 67.6 Å². The van der Waals surface area contributed by atoms with Crippen molar-refractivity contribution in [2.24, 2.45) is 5.41 Å². The SMILES string of the molecule is CCN(Cc1ccccn1)C1CC(NCc2ccccn2)CC(N(Cc2ccccn2)CC(C)(C)C)C1. The number of rotatable bonds is 11. The van der Waals surface area contributed by atoms with Gasteiger partial charge >= 0.3 is 0 Å². The molecule has 0 amide bonds. The fourth-order valence-corrected chi connectivity index (χ4v) is 5.60. The lowest BCUT2D eigenvalue weighted by Crippen LogP contribution is -2.53. The first kappa shape index (κ1) is 27.4. The van der Waals surface area contributed by atoms with Gasteiger partial charge in [0.1, 0.15) is 0 Å². The van der Waals surface area contributed by atoms with Crippen LogP contribution >= 0.6 is 0 Å². The molecule has 1 aliphatic rings. The summed E-state index contributed by atoms with van der Waals surface area (Å²) in [6.07, 6.45) is 9.13. The van der Waals surface area contributed by atoms with Crippen molar-refractivity contribution in [3.05, 3.63) is 90.3 Å². The van der Waals surface area contributed by atoms with E-state index in [2.05, 4.69) is 94.2 Å². The number of pyridine rings is 3. The number of hydrogen-bond donors (Lipinski definition) is 1. The Balaban J connectivity index is 1.55. The van der Waals surface area contributed by atoms with Crippen molar-refractivity contribution in [3.8, 4) is 0 Å². The monoisotopic (exact) mass is 500 g/mol. The zero-order chi connectivity index (χ0) is 26.1. The van der Waals surface area contributed by atoms with E-state index < -0.39 is 0 Å².